The average molecular weight is 476 g/mol. The largest absolute Gasteiger partial charge is 0.454 e. The van der Waals surface area contributed by atoms with Crippen molar-refractivity contribution in [2.45, 2.75) is 17.5 Å². The Labute approximate surface area is 197 Å². The van der Waals surface area contributed by atoms with Gasteiger partial charge in [-0.15, -0.1) is 21.5 Å². The van der Waals surface area contributed by atoms with Gasteiger partial charge >= 0.3 is 0 Å². The number of rotatable bonds is 7. The van der Waals surface area contributed by atoms with Crippen molar-refractivity contribution in [3.05, 3.63) is 77.5 Å². The van der Waals surface area contributed by atoms with Gasteiger partial charge in [0.25, 0.3) is 0 Å². The fourth-order valence-corrected chi connectivity index (χ4v) is 4.93. The highest BCUT2D eigenvalue weighted by Crippen LogP contribution is 2.34. The molecule has 0 unspecified atom stereocenters. The molecule has 33 heavy (non-hydrogen) atoms. The molecule has 0 saturated heterocycles. The predicted molar refractivity (Wildman–Crippen MR) is 124 cm³/mol. The van der Waals surface area contributed by atoms with Crippen molar-refractivity contribution >= 4 is 23.1 Å². The van der Waals surface area contributed by atoms with Gasteiger partial charge in [-0.2, -0.15) is 4.98 Å². The lowest BCUT2D eigenvalue weighted by Crippen LogP contribution is -2.04. The average Bonchev–Trinajstić information content (AvgIpc) is 3.65. The maximum atomic E-state index is 5.55. The van der Waals surface area contributed by atoms with Crippen molar-refractivity contribution < 1.29 is 14.0 Å². The Morgan fingerprint density at radius 3 is 2.76 bits per heavy atom. The van der Waals surface area contributed by atoms with E-state index in [9.17, 15) is 0 Å². The molecule has 8 nitrogen and oxygen atoms in total. The van der Waals surface area contributed by atoms with Crippen molar-refractivity contribution in [2.75, 3.05) is 6.79 Å². The summed E-state index contributed by atoms with van der Waals surface area (Å²) in [4.78, 5) is 5.49. The first-order valence-electron chi connectivity index (χ1n) is 10.2. The molecule has 6 rings (SSSR count). The highest BCUT2D eigenvalue weighted by molar-refractivity contribution is 7.98. The monoisotopic (exact) mass is 475 g/mol. The SMILES string of the molecule is c1ccc(-c2nnc(SCc3nc(-c4cccs4)no3)n2Cc2ccc3c(c2)OCO3)cc1. The summed E-state index contributed by atoms with van der Waals surface area (Å²) in [6.07, 6.45) is 0. The lowest BCUT2D eigenvalue weighted by molar-refractivity contribution is 0.174. The van der Waals surface area contributed by atoms with E-state index in [0.29, 0.717) is 24.0 Å². The summed E-state index contributed by atoms with van der Waals surface area (Å²) >= 11 is 3.09. The normalized spacial score (nSPS) is 12.4. The molecule has 0 saturated carbocycles. The summed E-state index contributed by atoms with van der Waals surface area (Å²) in [5.41, 5.74) is 2.06. The third-order valence-electron chi connectivity index (χ3n) is 5.06. The minimum Gasteiger partial charge on any atom is -0.454 e. The van der Waals surface area contributed by atoms with E-state index in [1.165, 1.54) is 11.8 Å². The molecule has 10 heteroatoms. The van der Waals surface area contributed by atoms with Crippen LogP contribution in [-0.2, 0) is 12.3 Å². The van der Waals surface area contributed by atoms with E-state index in [4.69, 9.17) is 14.0 Å². The second kappa shape index (κ2) is 8.72. The maximum absolute atomic E-state index is 5.55. The molecule has 2 aromatic carbocycles. The van der Waals surface area contributed by atoms with Gasteiger partial charge in [-0.3, -0.25) is 4.57 Å². The number of nitrogens with zero attached hydrogens (tertiary/aromatic N) is 5. The minimum absolute atomic E-state index is 0.249. The molecule has 0 amide bonds. The molecule has 1 aliphatic rings. The molecule has 0 fully saturated rings. The molecule has 164 valence electrons. The van der Waals surface area contributed by atoms with E-state index in [-0.39, 0.29) is 6.79 Å². The van der Waals surface area contributed by atoms with E-state index in [1.54, 1.807) is 11.3 Å². The van der Waals surface area contributed by atoms with Crippen LogP contribution in [0, 0.1) is 0 Å². The lowest BCUT2D eigenvalue weighted by atomic mass is 10.2. The minimum atomic E-state index is 0.249. The van der Waals surface area contributed by atoms with Crippen LogP contribution in [0.5, 0.6) is 11.5 Å². The smallest absolute Gasteiger partial charge is 0.237 e. The van der Waals surface area contributed by atoms with Crippen LogP contribution < -0.4 is 9.47 Å². The van der Waals surface area contributed by atoms with Gasteiger partial charge in [0.2, 0.25) is 18.5 Å². The summed E-state index contributed by atoms with van der Waals surface area (Å²) in [6.45, 7) is 0.833. The van der Waals surface area contributed by atoms with Crippen LogP contribution in [0.3, 0.4) is 0 Å². The summed E-state index contributed by atoms with van der Waals surface area (Å²) in [7, 11) is 0. The van der Waals surface area contributed by atoms with Gasteiger partial charge in [0.15, 0.2) is 22.5 Å². The highest BCUT2D eigenvalue weighted by atomic mass is 32.2. The Kier molecular flexibility index (Phi) is 5.29. The zero-order chi connectivity index (χ0) is 22.0. The summed E-state index contributed by atoms with van der Waals surface area (Å²) in [6, 6.07) is 19.9. The fourth-order valence-electron chi connectivity index (χ4n) is 3.51. The quantitative estimate of drug-likeness (QED) is 0.300. The van der Waals surface area contributed by atoms with Crippen molar-refractivity contribution in [2.24, 2.45) is 0 Å². The number of thioether (sulfide) groups is 1. The van der Waals surface area contributed by atoms with Gasteiger partial charge in [-0.25, -0.2) is 0 Å². The topological polar surface area (TPSA) is 88.1 Å². The summed E-state index contributed by atoms with van der Waals surface area (Å²) in [5, 5.41) is 15.8. The number of ether oxygens (including phenoxy) is 2. The Bertz CT molecular complexity index is 1380. The van der Waals surface area contributed by atoms with Gasteiger partial charge in [-0.1, -0.05) is 59.4 Å². The number of hydrogen-bond donors (Lipinski definition) is 0. The molecule has 0 aliphatic carbocycles. The van der Waals surface area contributed by atoms with Crippen LogP contribution in [0.4, 0.5) is 0 Å². The Morgan fingerprint density at radius 1 is 0.970 bits per heavy atom. The zero-order valence-electron chi connectivity index (χ0n) is 17.2. The number of aromatic nitrogens is 5. The first-order chi connectivity index (χ1) is 16.3. The summed E-state index contributed by atoms with van der Waals surface area (Å²) in [5.74, 6) is 3.95. The number of thiophene rings is 1. The second-order valence-corrected chi connectivity index (χ2v) is 9.11. The molecule has 4 heterocycles. The number of benzene rings is 2. The van der Waals surface area contributed by atoms with E-state index in [1.807, 2.05) is 66.0 Å². The first kappa shape index (κ1) is 20.0. The fraction of sp³-hybridized carbons (Fsp3) is 0.130. The number of fused-ring (bicyclic) bond motifs is 1. The summed E-state index contributed by atoms with van der Waals surface area (Å²) < 4.78 is 18.5. The Balaban J connectivity index is 1.28. The van der Waals surface area contributed by atoms with Gasteiger partial charge in [0.05, 0.1) is 17.2 Å². The molecule has 0 atom stereocenters. The van der Waals surface area contributed by atoms with Gasteiger partial charge in [-0.05, 0) is 29.1 Å². The van der Waals surface area contributed by atoms with Crippen LogP contribution in [0.2, 0.25) is 0 Å². The van der Waals surface area contributed by atoms with E-state index >= 15 is 0 Å². The Morgan fingerprint density at radius 2 is 1.88 bits per heavy atom. The van der Waals surface area contributed by atoms with Crippen LogP contribution in [0.25, 0.3) is 22.1 Å². The molecular weight excluding hydrogens is 458 g/mol. The van der Waals surface area contributed by atoms with Gasteiger partial charge in [0, 0.05) is 5.56 Å². The van der Waals surface area contributed by atoms with Gasteiger partial charge < -0.3 is 14.0 Å². The van der Waals surface area contributed by atoms with Gasteiger partial charge in [0.1, 0.15) is 0 Å². The molecule has 5 aromatic rings. The van der Waals surface area contributed by atoms with E-state index in [0.717, 1.165) is 38.5 Å². The Hall–Kier alpha value is -3.63. The van der Waals surface area contributed by atoms with Crippen molar-refractivity contribution in [3.63, 3.8) is 0 Å². The first-order valence-corrected chi connectivity index (χ1v) is 12.1. The maximum Gasteiger partial charge on any atom is 0.237 e. The predicted octanol–water partition coefficient (Wildman–Crippen LogP) is 5.13. The van der Waals surface area contributed by atoms with Crippen LogP contribution in [0.15, 0.2) is 75.7 Å². The van der Waals surface area contributed by atoms with Crippen LogP contribution in [-0.4, -0.2) is 31.7 Å². The zero-order valence-corrected chi connectivity index (χ0v) is 18.9. The second-order valence-electron chi connectivity index (χ2n) is 7.22. The number of hydrogen-bond acceptors (Lipinski definition) is 9. The molecule has 0 spiro atoms. The third kappa shape index (κ3) is 4.10. The van der Waals surface area contributed by atoms with E-state index < -0.39 is 0 Å². The van der Waals surface area contributed by atoms with Crippen LogP contribution >= 0.6 is 23.1 Å². The molecular formula is C23H17N5O3S2. The highest BCUT2D eigenvalue weighted by Gasteiger charge is 2.19. The molecule has 0 bridgehead atoms. The third-order valence-corrected chi connectivity index (χ3v) is 6.88. The molecule has 3 aromatic heterocycles. The molecule has 0 N–H and O–H groups in total. The van der Waals surface area contributed by atoms with Crippen molar-refractivity contribution in [1.29, 1.82) is 0 Å². The molecule has 0 radical (unpaired) electrons. The standard InChI is InChI=1S/C23H17N5O3S2/c1-2-5-16(6-3-1)22-25-26-23(28(22)12-15-8-9-17-18(11-15)30-14-29-17)33-13-20-24-21(27-31-20)19-7-4-10-32-19/h1-11H,12-14H2. The van der Waals surface area contributed by atoms with Crippen molar-refractivity contribution in [3.8, 4) is 33.6 Å². The van der Waals surface area contributed by atoms with Crippen LogP contribution in [0.1, 0.15) is 11.5 Å². The van der Waals surface area contributed by atoms with Crippen molar-refractivity contribution in [1.82, 2.24) is 24.9 Å². The lowest BCUT2D eigenvalue weighted by Gasteiger charge is -2.10. The molecule has 1 aliphatic heterocycles. The van der Waals surface area contributed by atoms with E-state index in [2.05, 4.69) is 24.9 Å².